The first-order chi connectivity index (χ1) is 8.66. The Hall–Kier alpha value is -0.0800. The molecule has 1 N–H and O–H groups in total. The summed E-state index contributed by atoms with van der Waals surface area (Å²) in [5.74, 6) is 1.86. The van der Waals surface area contributed by atoms with Crippen molar-refractivity contribution in [1.82, 2.24) is 10.2 Å². The van der Waals surface area contributed by atoms with E-state index in [4.69, 9.17) is 0 Å². The molecule has 0 bridgehead atoms. The van der Waals surface area contributed by atoms with Gasteiger partial charge in [0.25, 0.3) is 0 Å². The van der Waals surface area contributed by atoms with Gasteiger partial charge in [-0.1, -0.05) is 26.7 Å². The minimum Gasteiger partial charge on any atom is -0.313 e. The molecule has 0 spiro atoms. The van der Waals surface area contributed by atoms with Gasteiger partial charge in [0.15, 0.2) is 0 Å². The van der Waals surface area contributed by atoms with Crippen molar-refractivity contribution >= 4 is 0 Å². The molecule has 2 rings (SSSR count). The Labute approximate surface area is 114 Å². The maximum absolute atomic E-state index is 3.63. The molecule has 1 heterocycles. The van der Waals surface area contributed by atoms with Gasteiger partial charge in [-0.15, -0.1) is 0 Å². The molecule has 106 valence electrons. The van der Waals surface area contributed by atoms with Crippen LogP contribution in [0.25, 0.3) is 0 Å². The molecule has 1 saturated heterocycles. The van der Waals surface area contributed by atoms with Crippen molar-refractivity contribution < 1.29 is 0 Å². The maximum atomic E-state index is 3.63. The number of nitrogens with one attached hydrogen (secondary N) is 1. The SMILES string of the molecule is CC(C)C1CCCC(N(C)CC2CCCN2)CC1. The Morgan fingerprint density at radius 2 is 1.89 bits per heavy atom. The first kappa shape index (κ1) is 14.3. The van der Waals surface area contributed by atoms with Gasteiger partial charge in [0.2, 0.25) is 0 Å². The van der Waals surface area contributed by atoms with Crippen LogP contribution < -0.4 is 5.32 Å². The third-order valence-electron chi connectivity index (χ3n) is 5.22. The van der Waals surface area contributed by atoms with Crippen LogP contribution in [0.5, 0.6) is 0 Å². The predicted octanol–water partition coefficient (Wildman–Crippen LogP) is 3.28. The molecule has 0 aromatic rings. The lowest BCUT2D eigenvalue weighted by Gasteiger charge is -2.29. The van der Waals surface area contributed by atoms with Crippen LogP contribution in [0.15, 0.2) is 0 Å². The van der Waals surface area contributed by atoms with Crippen LogP contribution in [-0.2, 0) is 0 Å². The van der Waals surface area contributed by atoms with Crippen LogP contribution in [0.2, 0.25) is 0 Å². The highest BCUT2D eigenvalue weighted by Crippen LogP contribution is 2.30. The molecule has 0 aromatic heterocycles. The summed E-state index contributed by atoms with van der Waals surface area (Å²) in [6.45, 7) is 7.30. The van der Waals surface area contributed by atoms with Gasteiger partial charge < -0.3 is 10.2 Å². The zero-order valence-corrected chi connectivity index (χ0v) is 12.6. The zero-order chi connectivity index (χ0) is 13.0. The lowest BCUT2D eigenvalue weighted by Crippen LogP contribution is -2.40. The van der Waals surface area contributed by atoms with Gasteiger partial charge in [0, 0.05) is 18.6 Å². The van der Waals surface area contributed by atoms with E-state index in [9.17, 15) is 0 Å². The van der Waals surface area contributed by atoms with Gasteiger partial charge in [-0.25, -0.2) is 0 Å². The fourth-order valence-corrected chi connectivity index (χ4v) is 3.83. The van der Waals surface area contributed by atoms with Crippen molar-refractivity contribution in [3.05, 3.63) is 0 Å². The van der Waals surface area contributed by atoms with Crippen molar-refractivity contribution in [2.45, 2.75) is 70.9 Å². The van der Waals surface area contributed by atoms with E-state index in [1.54, 1.807) is 0 Å². The largest absolute Gasteiger partial charge is 0.313 e. The number of nitrogens with zero attached hydrogens (tertiary/aromatic N) is 1. The third kappa shape index (κ3) is 3.96. The Balaban J connectivity index is 1.77. The summed E-state index contributed by atoms with van der Waals surface area (Å²) in [6.07, 6.45) is 9.95. The molecule has 3 atom stereocenters. The Bertz CT molecular complexity index is 233. The van der Waals surface area contributed by atoms with Crippen molar-refractivity contribution in [1.29, 1.82) is 0 Å². The number of likely N-dealkylation sites (N-methyl/N-ethyl adjacent to an activating group) is 1. The van der Waals surface area contributed by atoms with Gasteiger partial charge in [-0.05, 0) is 57.5 Å². The molecule has 18 heavy (non-hydrogen) atoms. The normalized spacial score (nSPS) is 34.2. The topological polar surface area (TPSA) is 15.3 Å². The highest BCUT2D eigenvalue weighted by atomic mass is 15.2. The summed E-state index contributed by atoms with van der Waals surface area (Å²) in [7, 11) is 2.35. The number of hydrogen-bond donors (Lipinski definition) is 1. The summed E-state index contributed by atoms with van der Waals surface area (Å²) < 4.78 is 0. The molecule has 2 nitrogen and oxygen atoms in total. The van der Waals surface area contributed by atoms with E-state index in [-0.39, 0.29) is 0 Å². The van der Waals surface area contributed by atoms with Crippen LogP contribution in [-0.4, -0.2) is 37.1 Å². The molecule has 0 radical (unpaired) electrons. The van der Waals surface area contributed by atoms with Gasteiger partial charge in [-0.3, -0.25) is 0 Å². The lowest BCUT2D eigenvalue weighted by atomic mass is 9.89. The second-order valence-corrected chi connectivity index (χ2v) is 6.90. The minimum absolute atomic E-state index is 0.763. The van der Waals surface area contributed by atoms with Crippen LogP contribution >= 0.6 is 0 Å². The molecule has 0 aromatic carbocycles. The number of rotatable bonds is 4. The van der Waals surface area contributed by atoms with Crippen molar-refractivity contribution in [2.75, 3.05) is 20.1 Å². The fourth-order valence-electron chi connectivity index (χ4n) is 3.83. The molecule has 2 fully saturated rings. The molecule has 0 amide bonds. The molecular weight excluding hydrogens is 220 g/mol. The molecule has 1 aliphatic heterocycles. The second kappa shape index (κ2) is 6.91. The van der Waals surface area contributed by atoms with Crippen LogP contribution in [0.4, 0.5) is 0 Å². The minimum atomic E-state index is 0.763. The second-order valence-electron chi connectivity index (χ2n) is 6.90. The Morgan fingerprint density at radius 1 is 1.06 bits per heavy atom. The average molecular weight is 252 g/mol. The first-order valence-electron chi connectivity index (χ1n) is 8.10. The summed E-state index contributed by atoms with van der Waals surface area (Å²) in [6, 6.07) is 1.61. The zero-order valence-electron chi connectivity index (χ0n) is 12.6. The highest BCUT2D eigenvalue weighted by Gasteiger charge is 2.25. The first-order valence-corrected chi connectivity index (χ1v) is 8.10. The van der Waals surface area contributed by atoms with Gasteiger partial charge in [-0.2, -0.15) is 0 Å². The molecule has 1 saturated carbocycles. The fraction of sp³-hybridized carbons (Fsp3) is 1.00. The standard InChI is InChI=1S/C16H32N2/c1-13(2)14-6-4-8-16(10-9-14)18(3)12-15-7-5-11-17-15/h13-17H,4-12H2,1-3H3. The lowest BCUT2D eigenvalue weighted by molar-refractivity contribution is 0.200. The van der Waals surface area contributed by atoms with Crippen molar-refractivity contribution in [3.8, 4) is 0 Å². The summed E-state index contributed by atoms with van der Waals surface area (Å²) >= 11 is 0. The number of hydrogen-bond acceptors (Lipinski definition) is 2. The Morgan fingerprint density at radius 3 is 2.56 bits per heavy atom. The predicted molar refractivity (Wildman–Crippen MR) is 78.9 cm³/mol. The molecule has 3 unspecified atom stereocenters. The van der Waals surface area contributed by atoms with Gasteiger partial charge in [0.05, 0.1) is 0 Å². The Kier molecular flexibility index (Phi) is 5.50. The van der Waals surface area contributed by atoms with E-state index >= 15 is 0 Å². The van der Waals surface area contributed by atoms with Gasteiger partial charge >= 0.3 is 0 Å². The highest BCUT2D eigenvalue weighted by molar-refractivity contribution is 4.82. The van der Waals surface area contributed by atoms with Crippen LogP contribution in [0.1, 0.15) is 58.8 Å². The van der Waals surface area contributed by atoms with Crippen molar-refractivity contribution in [2.24, 2.45) is 11.8 Å². The van der Waals surface area contributed by atoms with E-state index in [1.807, 2.05) is 0 Å². The smallest absolute Gasteiger partial charge is 0.0195 e. The van der Waals surface area contributed by atoms with E-state index in [0.717, 1.165) is 23.9 Å². The van der Waals surface area contributed by atoms with E-state index in [0.29, 0.717) is 0 Å². The van der Waals surface area contributed by atoms with E-state index < -0.39 is 0 Å². The van der Waals surface area contributed by atoms with Gasteiger partial charge in [0.1, 0.15) is 0 Å². The summed E-state index contributed by atoms with van der Waals surface area (Å²) in [5, 5.41) is 3.63. The molecule has 2 aliphatic rings. The molecule has 2 heteroatoms. The monoisotopic (exact) mass is 252 g/mol. The van der Waals surface area contributed by atoms with Crippen LogP contribution in [0.3, 0.4) is 0 Å². The maximum Gasteiger partial charge on any atom is 0.0195 e. The molecule has 1 aliphatic carbocycles. The summed E-state index contributed by atoms with van der Waals surface area (Å²) in [4.78, 5) is 2.64. The van der Waals surface area contributed by atoms with Crippen molar-refractivity contribution in [3.63, 3.8) is 0 Å². The van der Waals surface area contributed by atoms with E-state index in [2.05, 4.69) is 31.1 Å². The molecular formula is C16H32N2. The van der Waals surface area contributed by atoms with Crippen LogP contribution in [0, 0.1) is 11.8 Å². The third-order valence-corrected chi connectivity index (χ3v) is 5.22. The van der Waals surface area contributed by atoms with E-state index in [1.165, 1.54) is 58.0 Å². The average Bonchev–Trinajstić information content (AvgIpc) is 2.70. The quantitative estimate of drug-likeness (QED) is 0.773. The summed E-state index contributed by atoms with van der Waals surface area (Å²) in [5.41, 5.74) is 0.